The minimum absolute atomic E-state index is 0.0520. The van der Waals surface area contributed by atoms with Crippen LogP contribution in [0.2, 0.25) is 10.0 Å². The highest BCUT2D eigenvalue weighted by atomic mass is 35.5. The number of nitrogens with zero attached hydrogens (tertiary/aromatic N) is 2. The Bertz CT molecular complexity index is 1150. The van der Waals surface area contributed by atoms with Gasteiger partial charge in [-0.2, -0.15) is 0 Å². The topological polar surface area (TPSA) is 65.4 Å². The second-order valence-corrected chi connectivity index (χ2v) is 11.1. The van der Waals surface area contributed by atoms with E-state index in [2.05, 4.69) is 9.88 Å². The van der Waals surface area contributed by atoms with Gasteiger partial charge < -0.3 is 19.4 Å². The average molecular weight is 551 g/mol. The maximum Gasteiger partial charge on any atom is 0.253 e. The van der Waals surface area contributed by atoms with Gasteiger partial charge in [0, 0.05) is 47.9 Å². The predicted molar refractivity (Wildman–Crippen MR) is 146 cm³/mol. The molecular formula is C27H33Cl2N3O3S. The Balaban J connectivity index is 1.54. The predicted octanol–water partition coefficient (Wildman–Crippen LogP) is 7.15. The first-order chi connectivity index (χ1) is 17.4. The summed E-state index contributed by atoms with van der Waals surface area (Å²) < 4.78 is 13.3. The standard InChI is InChI=1S/C27H33Cl2N3O3S/c1-18-23(27(33)30-9-6-10-34-2)14-25(32(18)15-19-7-4-3-5-8-19)24-17-36-26(31-24)16-35-22-12-20(28)11-21(29)13-22/h11-14,17,19H,3-10,15-16H2,1-2H3,(H,30,33). The molecule has 0 radical (unpaired) electrons. The van der Waals surface area contributed by atoms with E-state index in [9.17, 15) is 4.79 Å². The first-order valence-electron chi connectivity index (χ1n) is 12.5. The zero-order chi connectivity index (χ0) is 25.5. The molecule has 1 aliphatic carbocycles. The number of halogens is 2. The molecule has 1 N–H and O–H groups in total. The molecule has 0 unspecified atom stereocenters. The molecule has 4 rings (SSSR count). The first-order valence-corrected chi connectivity index (χ1v) is 14.1. The molecule has 1 amide bonds. The Morgan fingerprint density at radius 3 is 2.64 bits per heavy atom. The number of ether oxygens (including phenoxy) is 2. The van der Waals surface area contributed by atoms with Gasteiger partial charge in [0.25, 0.3) is 5.91 Å². The fraction of sp³-hybridized carbons (Fsp3) is 0.481. The number of hydrogen-bond acceptors (Lipinski definition) is 5. The zero-order valence-electron chi connectivity index (χ0n) is 20.8. The maximum atomic E-state index is 13.0. The highest BCUT2D eigenvalue weighted by Crippen LogP contribution is 2.32. The van der Waals surface area contributed by atoms with E-state index < -0.39 is 0 Å². The van der Waals surface area contributed by atoms with Crippen molar-refractivity contribution in [1.82, 2.24) is 14.9 Å². The van der Waals surface area contributed by atoms with Crippen molar-refractivity contribution in [2.45, 2.75) is 58.6 Å². The van der Waals surface area contributed by atoms with Crippen LogP contribution in [0.4, 0.5) is 0 Å². The van der Waals surface area contributed by atoms with Crippen molar-refractivity contribution in [3.8, 4) is 17.1 Å². The van der Waals surface area contributed by atoms with Crippen molar-refractivity contribution in [2.24, 2.45) is 5.92 Å². The van der Waals surface area contributed by atoms with E-state index in [4.69, 9.17) is 37.7 Å². The zero-order valence-corrected chi connectivity index (χ0v) is 23.1. The van der Waals surface area contributed by atoms with Gasteiger partial charge in [-0.05, 0) is 56.4 Å². The molecule has 0 spiro atoms. The Morgan fingerprint density at radius 1 is 1.17 bits per heavy atom. The van der Waals surface area contributed by atoms with Gasteiger partial charge in [0.05, 0.1) is 17.0 Å². The second kappa shape index (κ2) is 13.0. The fourth-order valence-corrected chi connectivity index (χ4v) is 5.92. The molecular weight excluding hydrogens is 517 g/mol. The summed E-state index contributed by atoms with van der Waals surface area (Å²) in [5.74, 6) is 1.17. The van der Waals surface area contributed by atoms with Crippen LogP contribution in [0.5, 0.6) is 5.75 Å². The lowest BCUT2D eigenvalue weighted by Gasteiger charge is -2.24. The molecule has 0 atom stereocenters. The first kappa shape index (κ1) is 27.0. The van der Waals surface area contributed by atoms with Crippen molar-refractivity contribution >= 4 is 40.4 Å². The van der Waals surface area contributed by atoms with Crippen molar-refractivity contribution in [3.05, 3.63) is 56.0 Å². The van der Waals surface area contributed by atoms with E-state index in [1.54, 1.807) is 25.3 Å². The maximum absolute atomic E-state index is 13.0. The lowest BCUT2D eigenvalue weighted by molar-refractivity contribution is 0.0947. The van der Waals surface area contributed by atoms with Gasteiger partial charge in [0.2, 0.25) is 0 Å². The van der Waals surface area contributed by atoms with Crippen LogP contribution in [-0.4, -0.2) is 35.7 Å². The summed E-state index contributed by atoms with van der Waals surface area (Å²) in [6.45, 7) is 4.47. The Kier molecular flexibility index (Phi) is 9.71. The molecule has 0 bridgehead atoms. The largest absolute Gasteiger partial charge is 0.486 e. The molecule has 3 aromatic rings. The molecule has 0 saturated heterocycles. The van der Waals surface area contributed by atoms with E-state index in [1.807, 2.05) is 18.4 Å². The minimum atomic E-state index is -0.0520. The fourth-order valence-electron chi connectivity index (χ4n) is 4.72. The van der Waals surface area contributed by atoms with Crippen LogP contribution in [-0.2, 0) is 17.9 Å². The average Bonchev–Trinajstić information content (AvgIpc) is 3.45. The molecule has 194 valence electrons. The molecule has 6 nitrogen and oxygen atoms in total. The Morgan fingerprint density at radius 2 is 1.92 bits per heavy atom. The molecule has 2 aromatic heterocycles. The number of methoxy groups -OCH3 is 1. The van der Waals surface area contributed by atoms with Crippen LogP contribution in [0.25, 0.3) is 11.4 Å². The van der Waals surface area contributed by atoms with Gasteiger partial charge in [0.15, 0.2) is 0 Å². The number of aromatic nitrogens is 2. The molecule has 2 heterocycles. The molecule has 9 heteroatoms. The Labute approximate surface area is 226 Å². The molecule has 0 aliphatic heterocycles. The Hall–Kier alpha value is -2.06. The summed E-state index contributed by atoms with van der Waals surface area (Å²) in [6, 6.07) is 7.13. The second-order valence-electron chi connectivity index (χ2n) is 9.27. The van der Waals surface area contributed by atoms with Crippen LogP contribution in [0.15, 0.2) is 29.6 Å². The van der Waals surface area contributed by atoms with Crippen LogP contribution < -0.4 is 10.1 Å². The molecule has 1 aliphatic rings. The van der Waals surface area contributed by atoms with Crippen molar-refractivity contribution in [2.75, 3.05) is 20.3 Å². The number of amides is 1. The van der Waals surface area contributed by atoms with Gasteiger partial charge in [0.1, 0.15) is 17.4 Å². The summed E-state index contributed by atoms with van der Waals surface area (Å²) >= 11 is 13.7. The van der Waals surface area contributed by atoms with Crippen molar-refractivity contribution in [1.29, 1.82) is 0 Å². The monoisotopic (exact) mass is 549 g/mol. The lowest BCUT2D eigenvalue weighted by atomic mass is 9.89. The molecule has 1 saturated carbocycles. The van der Waals surface area contributed by atoms with E-state index in [1.165, 1.54) is 43.4 Å². The van der Waals surface area contributed by atoms with E-state index in [0.717, 1.165) is 35.1 Å². The molecule has 1 fully saturated rings. The number of carbonyl (C=O) groups is 1. The highest BCUT2D eigenvalue weighted by molar-refractivity contribution is 7.09. The highest BCUT2D eigenvalue weighted by Gasteiger charge is 2.23. The van der Waals surface area contributed by atoms with Crippen LogP contribution in [0.1, 0.15) is 59.6 Å². The third-order valence-electron chi connectivity index (χ3n) is 6.60. The molecule has 36 heavy (non-hydrogen) atoms. The quantitative estimate of drug-likeness (QED) is 0.258. The summed E-state index contributed by atoms with van der Waals surface area (Å²) in [5, 5.41) is 6.97. The van der Waals surface area contributed by atoms with Crippen molar-refractivity contribution < 1.29 is 14.3 Å². The number of carbonyl (C=O) groups excluding carboxylic acids is 1. The number of nitrogens with one attached hydrogen (secondary N) is 1. The normalized spacial score (nSPS) is 14.2. The summed E-state index contributed by atoms with van der Waals surface area (Å²) in [4.78, 5) is 17.9. The number of benzene rings is 1. The van der Waals surface area contributed by atoms with Crippen LogP contribution in [0.3, 0.4) is 0 Å². The van der Waals surface area contributed by atoms with Crippen LogP contribution >= 0.6 is 34.5 Å². The van der Waals surface area contributed by atoms with Gasteiger partial charge in [-0.25, -0.2) is 4.98 Å². The number of hydrogen-bond donors (Lipinski definition) is 1. The van der Waals surface area contributed by atoms with Gasteiger partial charge in [-0.15, -0.1) is 11.3 Å². The minimum Gasteiger partial charge on any atom is -0.486 e. The summed E-state index contributed by atoms with van der Waals surface area (Å²) in [6.07, 6.45) is 7.11. The van der Waals surface area contributed by atoms with Crippen LogP contribution in [0, 0.1) is 12.8 Å². The van der Waals surface area contributed by atoms with Gasteiger partial charge >= 0.3 is 0 Å². The van der Waals surface area contributed by atoms with E-state index in [0.29, 0.717) is 47.0 Å². The van der Waals surface area contributed by atoms with E-state index in [-0.39, 0.29) is 5.91 Å². The third-order valence-corrected chi connectivity index (χ3v) is 7.86. The van der Waals surface area contributed by atoms with Crippen molar-refractivity contribution in [3.63, 3.8) is 0 Å². The number of rotatable bonds is 11. The number of thiazole rings is 1. The van der Waals surface area contributed by atoms with Gasteiger partial charge in [-0.1, -0.05) is 42.5 Å². The third kappa shape index (κ3) is 7.03. The molecule has 1 aromatic carbocycles. The lowest BCUT2D eigenvalue weighted by Crippen LogP contribution is -2.25. The SMILES string of the molecule is COCCCNC(=O)c1cc(-c2csc(COc3cc(Cl)cc(Cl)c3)n2)n(CC2CCCCC2)c1C. The smallest absolute Gasteiger partial charge is 0.253 e. The summed E-state index contributed by atoms with van der Waals surface area (Å²) in [7, 11) is 1.67. The summed E-state index contributed by atoms with van der Waals surface area (Å²) in [5.41, 5.74) is 3.53. The van der Waals surface area contributed by atoms with Gasteiger partial charge in [-0.3, -0.25) is 4.79 Å². The van der Waals surface area contributed by atoms with E-state index >= 15 is 0 Å².